The van der Waals surface area contributed by atoms with Crippen molar-refractivity contribution in [1.82, 2.24) is 9.88 Å². The van der Waals surface area contributed by atoms with Crippen LogP contribution in [0.3, 0.4) is 0 Å². The molecule has 0 unspecified atom stereocenters. The average molecular weight is 427 g/mol. The predicted octanol–water partition coefficient (Wildman–Crippen LogP) is 5.32. The van der Waals surface area contributed by atoms with Gasteiger partial charge in [-0.1, -0.05) is 78.9 Å². The maximum Gasteiger partial charge on any atom is 0.410 e. The zero-order chi connectivity index (χ0) is 21.9. The third-order valence-electron chi connectivity index (χ3n) is 6.22. The SMILES string of the molecule is O=C(OCc1ccccc1)N1CC[C@H](O)[C@@H](c2c(-c3ccccc3)[nH]c3ccccc23)C1. The Balaban J connectivity index is 1.44. The number of benzene rings is 3. The van der Waals surface area contributed by atoms with Gasteiger partial charge in [0.05, 0.1) is 11.8 Å². The summed E-state index contributed by atoms with van der Waals surface area (Å²) < 4.78 is 5.57. The number of amides is 1. The van der Waals surface area contributed by atoms with Crippen LogP contribution in [0.25, 0.3) is 22.2 Å². The van der Waals surface area contributed by atoms with E-state index in [0.717, 1.165) is 33.3 Å². The molecule has 5 nitrogen and oxygen atoms in total. The second-order valence-electron chi connectivity index (χ2n) is 8.27. The van der Waals surface area contributed by atoms with Gasteiger partial charge in [-0.15, -0.1) is 0 Å². The number of hydrogen-bond acceptors (Lipinski definition) is 3. The first kappa shape index (κ1) is 20.3. The lowest BCUT2D eigenvalue weighted by molar-refractivity contribution is 0.0428. The summed E-state index contributed by atoms with van der Waals surface area (Å²) >= 11 is 0. The number of likely N-dealkylation sites (tertiary alicyclic amines) is 1. The van der Waals surface area contributed by atoms with Crippen molar-refractivity contribution in [2.45, 2.75) is 25.0 Å². The highest BCUT2D eigenvalue weighted by molar-refractivity contribution is 5.91. The molecule has 2 atom stereocenters. The Morgan fingerprint density at radius 2 is 1.66 bits per heavy atom. The van der Waals surface area contributed by atoms with Gasteiger partial charge in [0.1, 0.15) is 6.61 Å². The van der Waals surface area contributed by atoms with Crippen LogP contribution in [-0.4, -0.2) is 40.3 Å². The minimum Gasteiger partial charge on any atom is -0.445 e. The lowest BCUT2D eigenvalue weighted by Gasteiger charge is -2.36. The van der Waals surface area contributed by atoms with Gasteiger partial charge in [0.25, 0.3) is 0 Å². The van der Waals surface area contributed by atoms with E-state index in [9.17, 15) is 9.90 Å². The fraction of sp³-hybridized carbons (Fsp3) is 0.222. The predicted molar refractivity (Wildman–Crippen MR) is 125 cm³/mol. The number of para-hydroxylation sites is 1. The first-order valence-corrected chi connectivity index (χ1v) is 11.0. The molecule has 0 radical (unpaired) electrons. The molecular formula is C27H26N2O3. The molecule has 2 heterocycles. The molecule has 0 saturated carbocycles. The smallest absolute Gasteiger partial charge is 0.410 e. The Kier molecular flexibility index (Phi) is 5.65. The largest absolute Gasteiger partial charge is 0.445 e. The number of rotatable bonds is 4. The summed E-state index contributed by atoms with van der Waals surface area (Å²) in [5.41, 5.74) is 5.10. The number of carbonyl (C=O) groups is 1. The maximum absolute atomic E-state index is 12.8. The van der Waals surface area contributed by atoms with Crippen molar-refractivity contribution in [3.63, 3.8) is 0 Å². The molecule has 0 spiro atoms. The Morgan fingerprint density at radius 1 is 0.969 bits per heavy atom. The van der Waals surface area contributed by atoms with Crippen LogP contribution in [0.2, 0.25) is 0 Å². The van der Waals surface area contributed by atoms with Gasteiger partial charge >= 0.3 is 6.09 Å². The second kappa shape index (κ2) is 8.89. The third kappa shape index (κ3) is 3.99. The maximum atomic E-state index is 12.8. The highest BCUT2D eigenvalue weighted by atomic mass is 16.6. The minimum atomic E-state index is -0.533. The van der Waals surface area contributed by atoms with Crippen molar-refractivity contribution in [1.29, 1.82) is 0 Å². The summed E-state index contributed by atoms with van der Waals surface area (Å²) in [6, 6.07) is 27.9. The lowest BCUT2D eigenvalue weighted by Crippen LogP contribution is -2.45. The van der Waals surface area contributed by atoms with E-state index in [2.05, 4.69) is 23.2 Å². The number of H-pyrrole nitrogens is 1. The van der Waals surface area contributed by atoms with E-state index < -0.39 is 6.10 Å². The molecule has 1 fully saturated rings. The number of aliphatic hydroxyl groups is 1. The van der Waals surface area contributed by atoms with Gasteiger partial charge in [-0.3, -0.25) is 0 Å². The molecule has 3 aromatic carbocycles. The van der Waals surface area contributed by atoms with Crippen molar-refractivity contribution in [3.8, 4) is 11.3 Å². The van der Waals surface area contributed by atoms with Crippen LogP contribution in [0.1, 0.15) is 23.5 Å². The van der Waals surface area contributed by atoms with Crippen molar-refractivity contribution in [3.05, 3.63) is 96.1 Å². The molecule has 1 amide bonds. The zero-order valence-electron chi connectivity index (χ0n) is 17.8. The molecular weight excluding hydrogens is 400 g/mol. The molecule has 2 N–H and O–H groups in total. The van der Waals surface area contributed by atoms with E-state index in [0.29, 0.717) is 19.5 Å². The van der Waals surface area contributed by atoms with Crippen LogP contribution >= 0.6 is 0 Å². The molecule has 32 heavy (non-hydrogen) atoms. The highest BCUT2D eigenvalue weighted by Crippen LogP contribution is 2.39. The van der Waals surface area contributed by atoms with Gasteiger partial charge in [0.15, 0.2) is 0 Å². The summed E-state index contributed by atoms with van der Waals surface area (Å²) in [5, 5.41) is 12.1. The molecule has 162 valence electrons. The first-order valence-electron chi connectivity index (χ1n) is 11.0. The monoisotopic (exact) mass is 426 g/mol. The van der Waals surface area contributed by atoms with Crippen molar-refractivity contribution in [2.75, 3.05) is 13.1 Å². The molecule has 5 rings (SSSR count). The quantitative estimate of drug-likeness (QED) is 0.464. The van der Waals surface area contributed by atoms with Crippen molar-refractivity contribution >= 4 is 17.0 Å². The van der Waals surface area contributed by atoms with Gasteiger partial charge in [-0.25, -0.2) is 4.79 Å². The molecule has 1 aliphatic heterocycles. The first-order chi connectivity index (χ1) is 15.7. The molecule has 4 aromatic rings. The van der Waals surface area contributed by atoms with Crippen molar-refractivity contribution < 1.29 is 14.6 Å². The lowest BCUT2D eigenvalue weighted by atomic mass is 9.85. The fourth-order valence-corrected chi connectivity index (χ4v) is 4.58. The fourth-order valence-electron chi connectivity index (χ4n) is 4.58. The van der Waals surface area contributed by atoms with Gasteiger partial charge < -0.3 is 19.7 Å². The number of nitrogens with zero attached hydrogens (tertiary/aromatic N) is 1. The van der Waals surface area contributed by atoms with Crippen LogP contribution in [0.4, 0.5) is 4.79 Å². The molecule has 1 saturated heterocycles. The molecule has 1 aliphatic rings. The zero-order valence-corrected chi connectivity index (χ0v) is 17.8. The summed E-state index contributed by atoms with van der Waals surface area (Å²) in [6.45, 7) is 1.14. The molecule has 1 aromatic heterocycles. The average Bonchev–Trinajstić information content (AvgIpc) is 3.23. The van der Waals surface area contributed by atoms with Crippen LogP contribution in [0, 0.1) is 0 Å². The number of ether oxygens (including phenoxy) is 1. The molecule has 0 aliphatic carbocycles. The van der Waals surface area contributed by atoms with E-state index in [1.54, 1.807) is 4.90 Å². The van der Waals surface area contributed by atoms with Crippen LogP contribution in [0.5, 0.6) is 0 Å². The van der Waals surface area contributed by atoms with Gasteiger partial charge in [-0.05, 0) is 29.2 Å². The van der Waals surface area contributed by atoms with Crippen LogP contribution in [-0.2, 0) is 11.3 Å². The standard InChI is InChI=1S/C27H26N2O3/c30-24-15-16-29(27(31)32-18-19-9-3-1-4-10-19)17-22(24)25-21-13-7-8-14-23(21)28-26(25)20-11-5-2-6-12-20/h1-14,22,24,28,30H,15-18H2/t22-,24-/m0/s1. The number of aromatic nitrogens is 1. The number of aliphatic hydroxyl groups excluding tert-OH is 1. The number of carbonyl (C=O) groups excluding carboxylic acids is 1. The summed E-state index contributed by atoms with van der Waals surface area (Å²) in [6.07, 6.45) is -0.361. The highest BCUT2D eigenvalue weighted by Gasteiger charge is 2.35. The number of hydrogen-bond donors (Lipinski definition) is 2. The second-order valence-corrected chi connectivity index (χ2v) is 8.27. The van der Waals surface area contributed by atoms with E-state index in [-0.39, 0.29) is 18.6 Å². The van der Waals surface area contributed by atoms with Crippen LogP contribution < -0.4 is 0 Å². The van der Waals surface area contributed by atoms with E-state index >= 15 is 0 Å². The van der Waals surface area contributed by atoms with Crippen LogP contribution in [0.15, 0.2) is 84.9 Å². The molecule has 5 heteroatoms. The number of fused-ring (bicyclic) bond motifs is 1. The topological polar surface area (TPSA) is 65.6 Å². The third-order valence-corrected chi connectivity index (χ3v) is 6.22. The summed E-state index contributed by atoms with van der Waals surface area (Å²) in [7, 11) is 0. The Bertz CT molecular complexity index is 1200. The van der Waals surface area contributed by atoms with Gasteiger partial charge in [0, 0.05) is 29.9 Å². The van der Waals surface area contributed by atoms with Crippen molar-refractivity contribution in [2.24, 2.45) is 0 Å². The number of nitrogens with one attached hydrogen (secondary N) is 1. The number of aromatic amines is 1. The Hall–Kier alpha value is -3.57. The summed E-state index contributed by atoms with van der Waals surface area (Å²) in [5.74, 6) is -0.209. The van der Waals surface area contributed by atoms with Gasteiger partial charge in [0.2, 0.25) is 0 Å². The van der Waals surface area contributed by atoms with Gasteiger partial charge in [-0.2, -0.15) is 0 Å². The van der Waals surface area contributed by atoms with E-state index in [1.165, 1.54) is 0 Å². The minimum absolute atomic E-state index is 0.209. The number of piperidine rings is 1. The molecule has 0 bridgehead atoms. The van der Waals surface area contributed by atoms with E-state index in [1.807, 2.05) is 66.7 Å². The normalized spacial score (nSPS) is 18.6. The summed E-state index contributed by atoms with van der Waals surface area (Å²) in [4.78, 5) is 18.1. The van der Waals surface area contributed by atoms with E-state index in [4.69, 9.17) is 4.74 Å². The Labute approximate surface area is 187 Å². The Morgan fingerprint density at radius 3 is 2.44 bits per heavy atom.